The van der Waals surface area contributed by atoms with Crippen molar-refractivity contribution in [3.05, 3.63) is 39.4 Å². The highest BCUT2D eigenvalue weighted by Gasteiger charge is 2.15. The first-order valence-corrected chi connectivity index (χ1v) is 5.03. The van der Waals surface area contributed by atoms with E-state index in [1.807, 2.05) is 0 Å². The molecule has 0 aliphatic heterocycles. The number of nitro benzene ring substituents is 1. The van der Waals surface area contributed by atoms with Crippen molar-refractivity contribution in [2.24, 2.45) is 0 Å². The van der Waals surface area contributed by atoms with Gasteiger partial charge in [0, 0.05) is 6.07 Å². The molecule has 0 atom stereocenters. The number of benzene rings is 1. The van der Waals surface area contributed by atoms with Crippen molar-refractivity contribution < 1.29 is 24.4 Å². The smallest absolute Gasteiger partial charge is 0.335 e. The van der Waals surface area contributed by atoms with Gasteiger partial charge in [0.05, 0.1) is 17.6 Å². The van der Waals surface area contributed by atoms with Crippen molar-refractivity contribution in [2.45, 2.75) is 6.42 Å². The first-order chi connectivity index (χ1) is 8.95. The number of rotatable bonds is 3. The maximum atomic E-state index is 10.8. The molecule has 19 heavy (non-hydrogen) atoms. The van der Waals surface area contributed by atoms with Crippen LogP contribution in [0.4, 0.5) is 5.69 Å². The predicted octanol–water partition coefficient (Wildman–Crippen LogP) is 1.21. The number of nitrogens with zero attached hydrogens (tertiary/aromatic N) is 1. The minimum atomic E-state index is -1.27. The van der Waals surface area contributed by atoms with Gasteiger partial charge in [0.25, 0.3) is 5.69 Å². The van der Waals surface area contributed by atoms with Crippen LogP contribution in [0.1, 0.15) is 22.3 Å². The number of methoxy groups -OCH3 is 1. The summed E-state index contributed by atoms with van der Waals surface area (Å²) in [7, 11) is 1.20. The highest BCUT2D eigenvalue weighted by Crippen LogP contribution is 2.19. The molecule has 0 aliphatic carbocycles. The van der Waals surface area contributed by atoms with E-state index in [0.717, 1.165) is 6.07 Å². The molecule has 0 saturated heterocycles. The van der Waals surface area contributed by atoms with Gasteiger partial charge in [-0.2, -0.15) is 0 Å². The molecular weight excluding hydrogens is 254 g/mol. The van der Waals surface area contributed by atoms with Gasteiger partial charge in [0.2, 0.25) is 0 Å². The predicted molar refractivity (Wildman–Crippen MR) is 63.6 cm³/mol. The topological polar surface area (TPSA) is 107 Å². The number of ether oxygens (including phenoxy) is 1. The molecule has 7 nitrogen and oxygen atoms in total. The lowest BCUT2D eigenvalue weighted by molar-refractivity contribution is -0.385. The Morgan fingerprint density at radius 1 is 1.47 bits per heavy atom. The number of aromatic carboxylic acids is 1. The van der Waals surface area contributed by atoms with Crippen LogP contribution in [0.15, 0.2) is 18.2 Å². The zero-order chi connectivity index (χ0) is 14.4. The molecule has 0 radical (unpaired) electrons. The maximum Gasteiger partial charge on any atom is 0.335 e. The van der Waals surface area contributed by atoms with Gasteiger partial charge in [-0.1, -0.05) is 11.8 Å². The second-order valence-corrected chi connectivity index (χ2v) is 3.35. The lowest BCUT2D eigenvalue weighted by Gasteiger charge is -1.98. The summed E-state index contributed by atoms with van der Waals surface area (Å²) in [6, 6.07) is 3.36. The van der Waals surface area contributed by atoms with Crippen molar-refractivity contribution >= 4 is 17.6 Å². The molecule has 1 aromatic carbocycles. The Bertz CT molecular complexity index is 596. The molecule has 0 aliphatic rings. The molecule has 0 heterocycles. The van der Waals surface area contributed by atoms with Gasteiger partial charge in [-0.3, -0.25) is 14.9 Å². The molecule has 0 bridgehead atoms. The van der Waals surface area contributed by atoms with Crippen LogP contribution in [0.2, 0.25) is 0 Å². The minimum Gasteiger partial charge on any atom is -0.478 e. The maximum absolute atomic E-state index is 10.8. The Labute approximate surface area is 108 Å². The second kappa shape index (κ2) is 6.16. The summed E-state index contributed by atoms with van der Waals surface area (Å²) in [4.78, 5) is 31.6. The standard InChI is InChI=1S/C12H9NO6/c1-19-11(14)4-2-3-8-5-6-9(12(15)16)7-10(8)13(17)18/h5-7H,4H2,1H3,(H,15,16). The number of carboxylic acid groups (broad SMARTS) is 1. The van der Waals surface area contributed by atoms with Gasteiger partial charge in [-0.25, -0.2) is 4.79 Å². The molecule has 0 unspecified atom stereocenters. The Hall–Kier alpha value is -2.88. The van der Waals surface area contributed by atoms with Gasteiger partial charge in [0.15, 0.2) is 0 Å². The Balaban J connectivity index is 3.10. The van der Waals surface area contributed by atoms with E-state index in [1.165, 1.54) is 19.2 Å². The molecule has 1 rings (SSSR count). The molecule has 98 valence electrons. The third-order valence-electron chi connectivity index (χ3n) is 2.12. The second-order valence-electron chi connectivity index (χ2n) is 3.35. The number of hydrogen-bond acceptors (Lipinski definition) is 5. The summed E-state index contributed by atoms with van der Waals surface area (Å²) in [5.41, 5.74) is -0.582. The SMILES string of the molecule is COC(=O)CC#Cc1ccc(C(=O)O)cc1[N+](=O)[O-]. The molecule has 0 saturated carbocycles. The van der Waals surface area contributed by atoms with Crippen molar-refractivity contribution in [2.75, 3.05) is 7.11 Å². The van der Waals surface area contributed by atoms with Crippen LogP contribution in [0.3, 0.4) is 0 Å². The molecule has 0 fully saturated rings. The van der Waals surface area contributed by atoms with E-state index in [9.17, 15) is 19.7 Å². The number of hydrogen-bond donors (Lipinski definition) is 1. The summed E-state index contributed by atoms with van der Waals surface area (Å²) in [6.45, 7) is 0. The summed E-state index contributed by atoms with van der Waals surface area (Å²) in [6.07, 6.45) is -0.200. The Morgan fingerprint density at radius 2 is 2.16 bits per heavy atom. The lowest BCUT2D eigenvalue weighted by atomic mass is 10.1. The minimum absolute atomic E-state index is 0.0407. The lowest BCUT2D eigenvalue weighted by Crippen LogP contribution is -2.00. The fourth-order valence-corrected chi connectivity index (χ4v) is 1.21. The Kier molecular flexibility index (Phi) is 4.60. The van der Waals surface area contributed by atoms with Crippen molar-refractivity contribution in [3.63, 3.8) is 0 Å². The van der Waals surface area contributed by atoms with Crippen LogP contribution >= 0.6 is 0 Å². The van der Waals surface area contributed by atoms with Gasteiger partial charge >= 0.3 is 11.9 Å². The van der Waals surface area contributed by atoms with Crippen LogP contribution in [-0.4, -0.2) is 29.1 Å². The summed E-state index contributed by atoms with van der Waals surface area (Å²) >= 11 is 0. The third-order valence-corrected chi connectivity index (χ3v) is 2.12. The zero-order valence-corrected chi connectivity index (χ0v) is 9.87. The molecule has 1 N–H and O–H groups in total. The van der Waals surface area contributed by atoms with Gasteiger partial charge in [0.1, 0.15) is 12.0 Å². The van der Waals surface area contributed by atoms with Crippen LogP contribution in [0.25, 0.3) is 0 Å². The van der Waals surface area contributed by atoms with E-state index in [1.54, 1.807) is 0 Å². The fourth-order valence-electron chi connectivity index (χ4n) is 1.21. The fraction of sp³-hybridized carbons (Fsp3) is 0.167. The van der Waals surface area contributed by atoms with Crippen LogP contribution in [0.5, 0.6) is 0 Å². The van der Waals surface area contributed by atoms with E-state index in [-0.39, 0.29) is 17.5 Å². The third kappa shape index (κ3) is 3.81. The molecule has 1 aromatic rings. The van der Waals surface area contributed by atoms with E-state index >= 15 is 0 Å². The number of carbonyl (C=O) groups excluding carboxylic acids is 1. The van der Waals surface area contributed by atoms with E-state index < -0.39 is 22.5 Å². The average Bonchev–Trinajstić information content (AvgIpc) is 2.38. The highest BCUT2D eigenvalue weighted by molar-refractivity contribution is 5.88. The molecular formula is C12H9NO6. The van der Waals surface area contributed by atoms with E-state index in [2.05, 4.69) is 16.6 Å². The van der Waals surface area contributed by atoms with Crippen molar-refractivity contribution in [1.29, 1.82) is 0 Å². The van der Waals surface area contributed by atoms with Crippen LogP contribution < -0.4 is 0 Å². The summed E-state index contributed by atoms with van der Waals surface area (Å²) < 4.78 is 4.36. The molecule has 0 amide bonds. The van der Waals surface area contributed by atoms with E-state index in [0.29, 0.717) is 0 Å². The van der Waals surface area contributed by atoms with Gasteiger partial charge < -0.3 is 9.84 Å². The summed E-state index contributed by atoms with van der Waals surface area (Å²) in [5, 5.41) is 19.5. The average molecular weight is 263 g/mol. The van der Waals surface area contributed by atoms with Crippen LogP contribution in [-0.2, 0) is 9.53 Å². The van der Waals surface area contributed by atoms with Crippen molar-refractivity contribution in [1.82, 2.24) is 0 Å². The number of carbonyl (C=O) groups is 2. The molecule has 0 aromatic heterocycles. The quantitative estimate of drug-likeness (QED) is 0.380. The first-order valence-electron chi connectivity index (χ1n) is 5.03. The number of esters is 1. The summed E-state index contributed by atoms with van der Waals surface area (Å²) in [5.74, 6) is 3.04. The number of carboxylic acids is 1. The largest absolute Gasteiger partial charge is 0.478 e. The van der Waals surface area contributed by atoms with E-state index in [4.69, 9.17) is 5.11 Å². The normalized spacial score (nSPS) is 9.11. The Morgan fingerprint density at radius 3 is 2.68 bits per heavy atom. The number of nitro groups is 1. The van der Waals surface area contributed by atoms with Crippen molar-refractivity contribution in [3.8, 4) is 11.8 Å². The van der Waals surface area contributed by atoms with Gasteiger partial charge in [-0.05, 0) is 12.1 Å². The monoisotopic (exact) mass is 263 g/mol. The zero-order valence-electron chi connectivity index (χ0n) is 9.87. The first kappa shape index (κ1) is 14.2. The molecule has 7 heteroatoms. The van der Waals surface area contributed by atoms with Crippen LogP contribution in [0, 0.1) is 22.0 Å². The molecule has 0 spiro atoms. The highest BCUT2D eigenvalue weighted by atomic mass is 16.6. The van der Waals surface area contributed by atoms with Gasteiger partial charge in [-0.15, -0.1) is 0 Å².